The van der Waals surface area contributed by atoms with Gasteiger partial charge in [0, 0.05) is 25.2 Å². The van der Waals surface area contributed by atoms with E-state index in [9.17, 15) is 14.4 Å². The summed E-state index contributed by atoms with van der Waals surface area (Å²) in [6.07, 6.45) is 6.86. The molecule has 0 aromatic rings. The van der Waals surface area contributed by atoms with Gasteiger partial charge >= 0.3 is 5.97 Å². The second-order valence-corrected chi connectivity index (χ2v) is 10.3. The fraction of sp³-hybridized carbons (Fsp3) is 0.815. The predicted octanol–water partition coefficient (Wildman–Crippen LogP) is 4.55. The topological polar surface area (TPSA) is 79.0 Å². The maximum absolute atomic E-state index is 13.2. The van der Waals surface area contributed by atoms with Crippen molar-refractivity contribution in [2.45, 2.75) is 113 Å². The lowest BCUT2D eigenvalue weighted by Gasteiger charge is -2.40. The van der Waals surface area contributed by atoms with E-state index in [1.807, 2.05) is 20.8 Å². The summed E-state index contributed by atoms with van der Waals surface area (Å²) >= 11 is 0. The predicted molar refractivity (Wildman–Crippen MR) is 139 cm³/mol. The number of hydrogen-bond donors (Lipinski definition) is 1. The molecule has 0 saturated carbocycles. The zero-order chi connectivity index (χ0) is 26.5. The number of nitrogens with one attached hydrogen (secondary N) is 1. The van der Waals surface area contributed by atoms with Gasteiger partial charge in [0.05, 0.1) is 12.6 Å². The number of rotatable bonds is 9. The van der Waals surface area contributed by atoms with Gasteiger partial charge in [-0.1, -0.05) is 60.5 Å². The van der Waals surface area contributed by atoms with E-state index in [1.54, 1.807) is 31.9 Å². The van der Waals surface area contributed by atoms with Crippen molar-refractivity contribution < 1.29 is 19.1 Å². The zero-order valence-electron chi connectivity index (χ0n) is 23.5. The lowest BCUT2D eigenvalue weighted by Crippen LogP contribution is -2.59. The third kappa shape index (κ3) is 10.6. The zero-order valence-corrected chi connectivity index (χ0v) is 23.5. The molecule has 1 saturated heterocycles. The molecule has 3 unspecified atom stereocenters. The van der Waals surface area contributed by atoms with E-state index < -0.39 is 11.5 Å². The Morgan fingerprint density at radius 3 is 2.24 bits per heavy atom. The number of carbonyl (C=O) groups is 3. The maximum Gasteiger partial charge on any atom is 0.333 e. The number of esters is 1. The number of piperidine rings is 1. The minimum absolute atomic E-state index is 0.0695. The lowest BCUT2D eigenvalue weighted by atomic mass is 9.85. The van der Waals surface area contributed by atoms with E-state index in [2.05, 4.69) is 37.9 Å². The number of nitrogens with zero attached hydrogens (tertiary/aromatic N) is 2. The molecule has 7 nitrogen and oxygen atoms in total. The highest BCUT2D eigenvalue weighted by Gasteiger charge is 2.38. The van der Waals surface area contributed by atoms with Crippen molar-refractivity contribution >= 4 is 17.8 Å². The van der Waals surface area contributed by atoms with Crippen molar-refractivity contribution in [3.05, 3.63) is 11.6 Å². The third-order valence-corrected chi connectivity index (χ3v) is 6.05. The van der Waals surface area contributed by atoms with Crippen LogP contribution in [-0.2, 0) is 19.1 Å². The number of likely N-dealkylation sites (N-methyl/N-ethyl adjacent to an activating group) is 1. The summed E-state index contributed by atoms with van der Waals surface area (Å²) in [6.45, 7) is 19.3. The molecule has 1 N–H and O–H groups in total. The van der Waals surface area contributed by atoms with Crippen molar-refractivity contribution in [3.8, 4) is 0 Å². The molecule has 1 rings (SSSR count). The molecule has 1 heterocycles. The summed E-state index contributed by atoms with van der Waals surface area (Å²) in [5.41, 5.74) is 0.0146. The Bertz CT molecular complexity index is 669. The van der Waals surface area contributed by atoms with E-state index in [0.29, 0.717) is 18.2 Å². The molecule has 1 fully saturated rings. The van der Waals surface area contributed by atoms with Crippen LogP contribution in [-0.4, -0.2) is 72.5 Å². The fourth-order valence-corrected chi connectivity index (χ4v) is 3.80. The largest absolute Gasteiger partial charge is 0.463 e. The van der Waals surface area contributed by atoms with Crippen molar-refractivity contribution in [3.63, 3.8) is 0 Å². The van der Waals surface area contributed by atoms with E-state index in [0.717, 1.165) is 32.2 Å². The minimum atomic E-state index is -0.651. The Balaban J connectivity index is 0.00000343. The van der Waals surface area contributed by atoms with Crippen LogP contribution in [0.1, 0.15) is 94.4 Å². The second kappa shape index (κ2) is 15.9. The van der Waals surface area contributed by atoms with Crippen molar-refractivity contribution in [2.24, 2.45) is 5.41 Å². The van der Waals surface area contributed by atoms with Crippen LogP contribution < -0.4 is 5.32 Å². The molecule has 0 bridgehead atoms. The molecule has 0 radical (unpaired) electrons. The molecular formula is C27H51N3O4. The first kappa shape index (κ1) is 32.1. The van der Waals surface area contributed by atoms with Gasteiger partial charge < -0.3 is 15.0 Å². The summed E-state index contributed by atoms with van der Waals surface area (Å²) in [4.78, 5) is 42.1. The van der Waals surface area contributed by atoms with Crippen molar-refractivity contribution in [1.29, 1.82) is 0 Å². The highest BCUT2D eigenvalue weighted by Crippen LogP contribution is 2.24. The number of likely N-dealkylation sites (tertiary alicyclic amines) is 1. The number of carbonyl (C=O) groups excluding carboxylic acids is 3. The van der Waals surface area contributed by atoms with Crippen LogP contribution in [0.15, 0.2) is 11.6 Å². The van der Waals surface area contributed by atoms with Gasteiger partial charge in [-0.2, -0.15) is 0 Å². The Kier molecular flexibility index (Phi) is 15.0. The van der Waals surface area contributed by atoms with Crippen LogP contribution in [0.25, 0.3) is 0 Å². The minimum Gasteiger partial charge on any atom is -0.463 e. The fourth-order valence-electron chi connectivity index (χ4n) is 3.80. The van der Waals surface area contributed by atoms with Gasteiger partial charge in [0.15, 0.2) is 0 Å². The maximum atomic E-state index is 13.2. The number of ether oxygens (including phenoxy) is 1. The molecule has 0 aromatic heterocycles. The first-order valence-electron chi connectivity index (χ1n) is 13.0. The smallest absolute Gasteiger partial charge is 0.333 e. The number of hydrogen-bond acceptors (Lipinski definition) is 5. The average molecular weight is 482 g/mol. The molecule has 1 aliphatic rings. The van der Waals surface area contributed by atoms with Crippen LogP contribution in [0.5, 0.6) is 0 Å². The molecule has 2 amide bonds. The van der Waals surface area contributed by atoms with E-state index in [-0.39, 0.29) is 30.4 Å². The van der Waals surface area contributed by atoms with Gasteiger partial charge in [0.2, 0.25) is 11.8 Å². The SMILES string of the molecule is CCC.CCOC(=O)/C(C)=C/CN(C)C(=O)C(NC(=O)C1CCCCN1C(C)CC)C(C)(C)C. The molecule has 0 aliphatic carbocycles. The normalized spacial score (nSPS) is 18.8. The standard InChI is InChI=1S/C24H43N3O4.C3H8/c1-9-18(4)27-15-12-11-13-19(27)21(28)25-20(24(5,6)7)22(29)26(8)16-14-17(3)23(30)31-10-2;1-3-2/h14,18-20H,9-13,15-16H2,1-8H3,(H,25,28);3H2,1-2H3/b17-14+;. The lowest BCUT2D eigenvalue weighted by molar-refractivity contribution is -0.140. The first-order valence-corrected chi connectivity index (χ1v) is 13.0. The van der Waals surface area contributed by atoms with Crippen molar-refractivity contribution in [2.75, 3.05) is 26.7 Å². The van der Waals surface area contributed by atoms with Gasteiger partial charge in [-0.25, -0.2) is 4.79 Å². The molecule has 3 atom stereocenters. The highest BCUT2D eigenvalue weighted by molar-refractivity contribution is 5.91. The highest BCUT2D eigenvalue weighted by atomic mass is 16.5. The quantitative estimate of drug-likeness (QED) is 0.386. The molecule has 34 heavy (non-hydrogen) atoms. The van der Waals surface area contributed by atoms with Crippen LogP contribution in [0.4, 0.5) is 0 Å². The van der Waals surface area contributed by atoms with E-state index >= 15 is 0 Å². The molecule has 7 heteroatoms. The summed E-state index contributed by atoms with van der Waals surface area (Å²) in [5.74, 6) is -0.619. The molecule has 0 aromatic carbocycles. The van der Waals surface area contributed by atoms with Gasteiger partial charge in [-0.15, -0.1) is 0 Å². The number of amides is 2. The Morgan fingerprint density at radius 1 is 1.15 bits per heavy atom. The second-order valence-electron chi connectivity index (χ2n) is 10.3. The van der Waals surface area contributed by atoms with E-state index in [4.69, 9.17) is 4.74 Å². The monoisotopic (exact) mass is 481 g/mol. The van der Waals surface area contributed by atoms with Crippen LogP contribution in [0, 0.1) is 5.41 Å². The van der Waals surface area contributed by atoms with Crippen LogP contribution in [0.2, 0.25) is 0 Å². The Labute approximate surface area is 208 Å². The molecule has 1 aliphatic heterocycles. The molecular weight excluding hydrogens is 430 g/mol. The van der Waals surface area contributed by atoms with Gasteiger partial charge in [0.25, 0.3) is 0 Å². The molecule has 198 valence electrons. The van der Waals surface area contributed by atoms with Gasteiger partial charge in [0.1, 0.15) is 6.04 Å². The third-order valence-electron chi connectivity index (χ3n) is 6.05. The van der Waals surface area contributed by atoms with Crippen LogP contribution >= 0.6 is 0 Å². The van der Waals surface area contributed by atoms with Crippen LogP contribution in [0.3, 0.4) is 0 Å². The molecule has 0 spiro atoms. The van der Waals surface area contributed by atoms with Gasteiger partial charge in [-0.3, -0.25) is 14.5 Å². The first-order chi connectivity index (χ1) is 15.8. The van der Waals surface area contributed by atoms with Crippen molar-refractivity contribution in [1.82, 2.24) is 15.1 Å². The Hall–Kier alpha value is -1.89. The van der Waals surface area contributed by atoms with Gasteiger partial charge in [-0.05, 0) is 52.0 Å². The summed E-state index contributed by atoms with van der Waals surface area (Å²) in [7, 11) is 1.69. The summed E-state index contributed by atoms with van der Waals surface area (Å²) in [5, 5.41) is 3.06. The summed E-state index contributed by atoms with van der Waals surface area (Å²) in [6, 6.07) is -0.516. The summed E-state index contributed by atoms with van der Waals surface area (Å²) < 4.78 is 4.98. The average Bonchev–Trinajstić information content (AvgIpc) is 2.79. The Morgan fingerprint density at radius 2 is 1.74 bits per heavy atom. The van der Waals surface area contributed by atoms with E-state index in [1.165, 1.54) is 6.42 Å².